The molecule has 1 N–H and O–H groups in total. The highest BCUT2D eigenvalue weighted by Gasteiger charge is 2.31. The highest BCUT2D eigenvalue weighted by atomic mass is 15.2. The third-order valence-electron chi connectivity index (χ3n) is 4.58. The molecule has 110 valence electrons. The lowest BCUT2D eigenvalue weighted by Gasteiger charge is -2.25. The van der Waals surface area contributed by atoms with Crippen LogP contribution in [-0.2, 0) is 6.54 Å². The monoisotopic (exact) mass is 273 g/mol. The van der Waals surface area contributed by atoms with E-state index in [1.165, 1.54) is 36.2 Å². The Bertz CT molecular complexity index is 503. The molecule has 1 aliphatic carbocycles. The van der Waals surface area contributed by atoms with Crippen LogP contribution in [0.3, 0.4) is 0 Å². The van der Waals surface area contributed by atoms with Crippen molar-refractivity contribution >= 4 is 5.82 Å². The molecular formula is C17H27N3. The van der Waals surface area contributed by atoms with E-state index in [2.05, 4.69) is 44.0 Å². The molecule has 0 radical (unpaired) electrons. The predicted octanol–water partition coefficient (Wildman–Crippen LogP) is 3.19. The average Bonchev–Trinajstić information content (AvgIpc) is 3.10. The highest BCUT2D eigenvalue weighted by molar-refractivity contribution is 5.52. The fraction of sp³-hybridized carbons (Fsp3) is 0.706. The molecule has 3 rings (SSSR count). The van der Waals surface area contributed by atoms with E-state index in [1.807, 2.05) is 0 Å². The van der Waals surface area contributed by atoms with Gasteiger partial charge in [0.1, 0.15) is 5.82 Å². The molecule has 1 aliphatic heterocycles. The molecule has 20 heavy (non-hydrogen) atoms. The summed E-state index contributed by atoms with van der Waals surface area (Å²) in [6.45, 7) is 12.3. The number of anilines is 1. The summed E-state index contributed by atoms with van der Waals surface area (Å²) < 4.78 is 0. The number of hydrogen-bond acceptors (Lipinski definition) is 3. The molecule has 0 bridgehead atoms. The van der Waals surface area contributed by atoms with E-state index in [1.54, 1.807) is 0 Å². The first kappa shape index (κ1) is 13.9. The molecule has 1 aromatic heterocycles. The number of aryl methyl sites for hydroxylation is 2. The van der Waals surface area contributed by atoms with E-state index in [9.17, 15) is 0 Å². The van der Waals surface area contributed by atoms with Gasteiger partial charge in [-0.2, -0.15) is 0 Å². The maximum Gasteiger partial charge on any atom is 0.133 e. The first-order valence-corrected chi connectivity index (χ1v) is 7.90. The van der Waals surface area contributed by atoms with Crippen LogP contribution >= 0.6 is 0 Å². The van der Waals surface area contributed by atoms with Gasteiger partial charge in [0.2, 0.25) is 0 Å². The Morgan fingerprint density at radius 2 is 2.10 bits per heavy atom. The van der Waals surface area contributed by atoms with Crippen molar-refractivity contribution in [1.29, 1.82) is 0 Å². The largest absolute Gasteiger partial charge is 0.356 e. The van der Waals surface area contributed by atoms with Crippen LogP contribution in [0.4, 0.5) is 5.82 Å². The first-order chi connectivity index (χ1) is 9.44. The maximum atomic E-state index is 4.87. The van der Waals surface area contributed by atoms with Gasteiger partial charge in [0, 0.05) is 36.9 Å². The van der Waals surface area contributed by atoms with Crippen molar-refractivity contribution in [3.8, 4) is 0 Å². The molecule has 3 heteroatoms. The van der Waals surface area contributed by atoms with Crippen LogP contribution in [0.5, 0.6) is 0 Å². The second-order valence-electron chi connectivity index (χ2n) is 7.37. The van der Waals surface area contributed by atoms with E-state index in [0.29, 0.717) is 5.41 Å². The summed E-state index contributed by atoms with van der Waals surface area (Å²) in [7, 11) is 0. The first-order valence-electron chi connectivity index (χ1n) is 7.90. The molecule has 0 atom stereocenters. The Hall–Kier alpha value is -1.09. The van der Waals surface area contributed by atoms with Crippen LogP contribution in [0, 0.1) is 19.3 Å². The Balaban J connectivity index is 1.86. The quantitative estimate of drug-likeness (QED) is 0.913. The van der Waals surface area contributed by atoms with Gasteiger partial charge in [-0.1, -0.05) is 13.8 Å². The van der Waals surface area contributed by atoms with Gasteiger partial charge in [-0.15, -0.1) is 0 Å². The molecule has 1 saturated heterocycles. The third kappa shape index (κ3) is 2.98. The summed E-state index contributed by atoms with van der Waals surface area (Å²) in [4.78, 5) is 7.36. The minimum Gasteiger partial charge on any atom is -0.356 e. The van der Waals surface area contributed by atoms with Crippen molar-refractivity contribution in [2.24, 2.45) is 5.41 Å². The minimum atomic E-state index is 0.417. The van der Waals surface area contributed by atoms with Gasteiger partial charge in [0.15, 0.2) is 0 Å². The summed E-state index contributed by atoms with van der Waals surface area (Å²) in [5, 5.41) is 3.65. The zero-order valence-corrected chi connectivity index (χ0v) is 13.3. The predicted molar refractivity (Wildman–Crippen MR) is 84.2 cm³/mol. The van der Waals surface area contributed by atoms with Crippen LogP contribution in [0.1, 0.15) is 49.9 Å². The van der Waals surface area contributed by atoms with Crippen molar-refractivity contribution in [1.82, 2.24) is 10.3 Å². The Morgan fingerprint density at radius 3 is 2.70 bits per heavy atom. The number of nitrogens with zero attached hydrogens (tertiary/aromatic N) is 2. The molecule has 2 heterocycles. The van der Waals surface area contributed by atoms with Crippen molar-refractivity contribution < 1.29 is 0 Å². The normalized spacial score (nSPS) is 21.5. The standard InChI is InChI=1S/C17H27N3/c1-12-9-13(2)19-16(15(12)10-18-14-5-6-14)20-8-7-17(3,4)11-20/h9,14,18H,5-8,10-11H2,1-4H3. The Morgan fingerprint density at radius 1 is 1.35 bits per heavy atom. The van der Waals surface area contributed by atoms with Gasteiger partial charge in [0.25, 0.3) is 0 Å². The summed E-state index contributed by atoms with van der Waals surface area (Å²) in [6, 6.07) is 2.97. The number of rotatable bonds is 4. The van der Waals surface area contributed by atoms with Gasteiger partial charge >= 0.3 is 0 Å². The molecule has 2 fully saturated rings. The minimum absolute atomic E-state index is 0.417. The number of hydrogen-bond donors (Lipinski definition) is 1. The Kier molecular flexibility index (Phi) is 3.49. The topological polar surface area (TPSA) is 28.2 Å². The van der Waals surface area contributed by atoms with Crippen molar-refractivity contribution in [3.05, 3.63) is 22.9 Å². The molecule has 1 saturated carbocycles. The lowest BCUT2D eigenvalue weighted by Crippen LogP contribution is -2.27. The Labute approximate surface area is 122 Å². The fourth-order valence-electron chi connectivity index (χ4n) is 3.15. The van der Waals surface area contributed by atoms with E-state index in [0.717, 1.165) is 31.4 Å². The molecule has 0 spiro atoms. The second kappa shape index (κ2) is 5.03. The summed E-state index contributed by atoms with van der Waals surface area (Å²) in [6.07, 6.45) is 3.94. The molecule has 2 aliphatic rings. The van der Waals surface area contributed by atoms with E-state index in [4.69, 9.17) is 4.98 Å². The smallest absolute Gasteiger partial charge is 0.133 e. The van der Waals surface area contributed by atoms with Gasteiger partial charge in [-0.3, -0.25) is 0 Å². The van der Waals surface area contributed by atoms with E-state index < -0.39 is 0 Å². The van der Waals surface area contributed by atoms with Crippen LogP contribution in [0.25, 0.3) is 0 Å². The number of nitrogens with one attached hydrogen (secondary N) is 1. The summed E-state index contributed by atoms with van der Waals surface area (Å²) in [5.41, 5.74) is 4.34. The lowest BCUT2D eigenvalue weighted by atomic mass is 9.93. The molecule has 0 unspecified atom stereocenters. The van der Waals surface area contributed by atoms with E-state index in [-0.39, 0.29) is 0 Å². The zero-order valence-electron chi connectivity index (χ0n) is 13.3. The second-order valence-corrected chi connectivity index (χ2v) is 7.37. The molecule has 1 aromatic rings. The molecular weight excluding hydrogens is 246 g/mol. The van der Waals surface area contributed by atoms with E-state index >= 15 is 0 Å². The van der Waals surface area contributed by atoms with Crippen molar-refractivity contribution in [2.45, 2.75) is 59.5 Å². The zero-order chi connectivity index (χ0) is 14.3. The van der Waals surface area contributed by atoms with Crippen molar-refractivity contribution in [3.63, 3.8) is 0 Å². The average molecular weight is 273 g/mol. The van der Waals surface area contributed by atoms with Gasteiger partial charge in [0.05, 0.1) is 0 Å². The van der Waals surface area contributed by atoms with Gasteiger partial charge in [-0.05, 0) is 50.2 Å². The fourth-order valence-corrected chi connectivity index (χ4v) is 3.15. The SMILES string of the molecule is Cc1cc(C)c(CNC2CC2)c(N2CCC(C)(C)C2)n1. The van der Waals surface area contributed by atoms with Crippen molar-refractivity contribution in [2.75, 3.05) is 18.0 Å². The number of aromatic nitrogens is 1. The summed E-state index contributed by atoms with van der Waals surface area (Å²) >= 11 is 0. The third-order valence-corrected chi connectivity index (χ3v) is 4.58. The van der Waals surface area contributed by atoms with Crippen LogP contribution in [-0.4, -0.2) is 24.1 Å². The maximum absolute atomic E-state index is 4.87. The van der Waals surface area contributed by atoms with Crippen LogP contribution in [0.2, 0.25) is 0 Å². The van der Waals surface area contributed by atoms with Gasteiger partial charge in [-0.25, -0.2) is 4.98 Å². The lowest BCUT2D eigenvalue weighted by molar-refractivity contribution is 0.418. The van der Waals surface area contributed by atoms with Gasteiger partial charge < -0.3 is 10.2 Å². The highest BCUT2D eigenvalue weighted by Crippen LogP contribution is 2.34. The number of pyridine rings is 1. The molecule has 3 nitrogen and oxygen atoms in total. The molecule has 0 amide bonds. The van der Waals surface area contributed by atoms with Crippen LogP contribution < -0.4 is 10.2 Å². The summed E-state index contributed by atoms with van der Waals surface area (Å²) in [5.74, 6) is 1.22. The van der Waals surface area contributed by atoms with Crippen LogP contribution in [0.15, 0.2) is 6.07 Å². The molecule has 0 aromatic carbocycles.